The summed E-state index contributed by atoms with van der Waals surface area (Å²) in [6, 6.07) is 9.32. The van der Waals surface area contributed by atoms with Crippen molar-refractivity contribution < 1.29 is 0 Å². The zero-order valence-corrected chi connectivity index (χ0v) is 12.5. The van der Waals surface area contributed by atoms with Gasteiger partial charge in [-0.15, -0.1) is 0 Å². The first kappa shape index (κ1) is 15.2. The Labute approximate surface area is 113 Å². The van der Waals surface area contributed by atoms with Gasteiger partial charge in [0.1, 0.15) is 0 Å². The highest BCUT2D eigenvalue weighted by molar-refractivity contribution is 5.23. The number of benzene rings is 1. The zero-order chi connectivity index (χ0) is 13.4. The monoisotopic (exact) mass is 247 g/mol. The van der Waals surface area contributed by atoms with Crippen molar-refractivity contribution >= 4 is 0 Å². The van der Waals surface area contributed by atoms with Gasteiger partial charge in [-0.1, -0.05) is 62.9 Å². The van der Waals surface area contributed by atoms with Crippen molar-refractivity contribution in [1.29, 1.82) is 0 Å². The van der Waals surface area contributed by atoms with E-state index in [9.17, 15) is 0 Å². The van der Waals surface area contributed by atoms with Crippen LogP contribution in [0.3, 0.4) is 0 Å². The number of hydrogen-bond donors (Lipinski definition) is 1. The number of unbranched alkanes of at least 4 members (excludes halogenated alkanes) is 1. The van der Waals surface area contributed by atoms with E-state index in [1.54, 1.807) is 0 Å². The molecule has 0 aliphatic heterocycles. The maximum atomic E-state index is 3.68. The van der Waals surface area contributed by atoms with Gasteiger partial charge in [-0.3, -0.25) is 0 Å². The van der Waals surface area contributed by atoms with E-state index in [-0.39, 0.29) is 0 Å². The fourth-order valence-electron chi connectivity index (χ4n) is 2.26. The summed E-state index contributed by atoms with van der Waals surface area (Å²) in [6.07, 6.45) is 5.32. The minimum atomic E-state index is 0.460. The average molecular weight is 247 g/mol. The molecule has 18 heavy (non-hydrogen) atoms. The first-order valence-corrected chi connectivity index (χ1v) is 7.47. The summed E-state index contributed by atoms with van der Waals surface area (Å²) < 4.78 is 0. The summed E-state index contributed by atoms with van der Waals surface area (Å²) in [5, 5.41) is 3.68. The summed E-state index contributed by atoms with van der Waals surface area (Å²) in [7, 11) is 0. The summed E-state index contributed by atoms with van der Waals surface area (Å²) in [4.78, 5) is 0. The first-order valence-electron chi connectivity index (χ1n) is 7.47. The maximum Gasteiger partial charge on any atom is 0.0291 e. The van der Waals surface area contributed by atoms with Gasteiger partial charge in [0.05, 0.1) is 0 Å². The van der Waals surface area contributed by atoms with Crippen LogP contribution in [0.5, 0.6) is 0 Å². The molecule has 102 valence electrons. The largest absolute Gasteiger partial charge is 0.310 e. The molecule has 1 nitrogen and oxygen atoms in total. The second-order valence-corrected chi connectivity index (χ2v) is 5.46. The molecule has 0 saturated carbocycles. The SMILES string of the molecule is CCCCC(CC)CN[C@@H](C)c1ccc(C)cc1. The lowest BCUT2D eigenvalue weighted by molar-refractivity contribution is 0.398. The smallest absolute Gasteiger partial charge is 0.0291 e. The predicted octanol–water partition coefficient (Wildman–Crippen LogP) is 4.86. The standard InChI is InChI=1S/C17H29N/c1-5-7-8-16(6-2)13-18-15(4)17-11-9-14(3)10-12-17/h9-12,15-16,18H,5-8,13H2,1-4H3/t15-,16?/m0/s1. The topological polar surface area (TPSA) is 12.0 Å². The van der Waals surface area contributed by atoms with Crippen molar-refractivity contribution in [2.24, 2.45) is 5.92 Å². The predicted molar refractivity (Wildman–Crippen MR) is 80.9 cm³/mol. The van der Waals surface area contributed by atoms with Gasteiger partial charge in [0.15, 0.2) is 0 Å². The van der Waals surface area contributed by atoms with E-state index in [0.29, 0.717) is 6.04 Å². The molecule has 0 aliphatic rings. The van der Waals surface area contributed by atoms with Crippen LogP contribution in [0.1, 0.15) is 63.6 Å². The van der Waals surface area contributed by atoms with Crippen molar-refractivity contribution in [2.45, 2.75) is 59.4 Å². The van der Waals surface area contributed by atoms with Crippen LogP contribution in [-0.4, -0.2) is 6.54 Å². The van der Waals surface area contributed by atoms with Crippen LogP contribution < -0.4 is 5.32 Å². The highest BCUT2D eigenvalue weighted by Crippen LogP contribution is 2.16. The molecule has 0 aliphatic carbocycles. The molecule has 0 heterocycles. The number of rotatable bonds is 8. The van der Waals surface area contributed by atoms with Crippen molar-refractivity contribution in [3.63, 3.8) is 0 Å². The lowest BCUT2D eigenvalue weighted by Gasteiger charge is -2.20. The molecule has 1 aromatic rings. The number of aryl methyl sites for hydroxylation is 1. The Hall–Kier alpha value is -0.820. The Balaban J connectivity index is 2.39. The molecule has 0 spiro atoms. The van der Waals surface area contributed by atoms with E-state index >= 15 is 0 Å². The molecule has 0 radical (unpaired) electrons. The number of nitrogens with one attached hydrogen (secondary N) is 1. The summed E-state index contributed by atoms with van der Waals surface area (Å²) in [5.74, 6) is 0.831. The highest BCUT2D eigenvalue weighted by atomic mass is 14.9. The molecule has 2 atom stereocenters. The van der Waals surface area contributed by atoms with Gasteiger partial charge < -0.3 is 5.32 Å². The van der Waals surface area contributed by atoms with Crippen LogP contribution in [0, 0.1) is 12.8 Å². The van der Waals surface area contributed by atoms with E-state index in [1.165, 1.54) is 36.8 Å². The molecular formula is C17H29N. The Bertz CT molecular complexity index is 315. The first-order chi connectivity index (χ1) is 8.67. The summed E-state index contributed by atoms with van der Waals surface area (Å²) >= 11 is 0. The lowest BCUT2D eigenvalue weighted by Crippen LogP contribution is -2.25. The van der Waals surface area contributed by atoms with Gasteiger partial charge in [0, 0.05) is 6.04 Å². The van der Waals surface area contributed by atoms with Crippen molar-refractivity contribution in [3.8, 4) is 0 Å². The maximum absolute atomic E-state index is 3.68. The van der Waals surface area contributed by atoms with Crippen LogP contribution in [0.15, 0.2) is 24.3 Å². The molecule has 1 rings (SSSR count). The van der Waals surface area contributed by atoms with Crippen molar-refractivity contribution in [2.75, 3.05) is 6.54 Å². The Morgan fingerprint density at radius 3 is 2.33 bits per heavy atom. The van der Waals surface area contributed by atoms with Crippen LogP contribution >= 0.6 is 0 Å². The Kier molecular flexibility index (Phi) is 7.04. The van der Waals surface area contributed by atoms with Gasteiger partial charge in [-0.2, -0.15) is 0 Å². The van der Waals surface area contributed by atoms with Crippen LogP contribution in [0.25, 0.3) is 0 Å². The third-order valence-electron chi connectivity index (χ3n) is 3.83. The van der Waals surface area contributed by atoms with Gasteiger partial charge in [0.2, 0.25) is 0 Å². The number of hydrogen-bond acceptors (Lipinski definition) is 1. The zero-order valence-electron chi connectivity index (χ0n) is 12.5. The molecule has 0 aromatic heterocycles. The van der Waals surface area contributed by atoms with E-state index in [1.807, 2.05) is 0 Å². The third kappa shape index (κ3) is 5.22. The molecule has 1 aromatic carbocycles. The van der Waals surface area contributed by atoms with Gasteiger partial charge in [-0.05, 0) is 38.3 Å². The molecular weight excluding hydrogens is 218 g/mol. The minimum absolute atomic E-state index is 0.460. The van der Waals surface area contributed by atoms with Gasteiger partial charge in [0.25, 0.3) is 0 Å². The van der Waals surface area contributed by atoms with Crippen LogP contribution in [-0.2, 0) is 0 Å². The fourth-order valence-corrected chi connectivity index (χ4v) is 2.26. The summed E-state index contributed by atoms with van der Waals surface area (Å²) in [6.45, 7) is 10.1. The molecule has 0 amide bonds. The van der Waals surface area contributed by atoms with Crippen molar-refractivity contribution in [3.05, 3.63) is 35.4 Å². The Morgan fingerprint density at radius 1 is 1.11 bits per heavy atom. The molecule has 0 fully saturated rings. The quantitative estimate of drug-likeness (QED) is 0.691. The molecule has 1 heteroatoms. The Morgan fingerprint density at radius 2 is 1.78 bits per heavy atom. The van der Waals surface area contributed by atoms with Crippen molar-refractivity contribution in [1.82, 2.24) is 5.32 Å². The van der Waals surface area contributed by atoms with Gasteiger partial charge >= 0.3 is 0 Å². The van der Waals surface area contributed by atoms with Crippen LogP contribution in [0.4, 0.5) is 0 Å². The van der Waals surface area contributed by atoms with E-state index in [4.69, 9.17) is 0 Å². The van der Waals surface area contributed by atoms with E-state index in [0.717, 1.165) is 12.5 Å². The van der Waals surface area contributed by atoms with Crippen LogP contribution in [0.2, 0.25) is 0 Å². The fraction of sp³-hybridized carbons (Fsp3) is 0.647. The molecule has 0 saturated heterocycles. The van der Waals surface area contributed by atoms with Gasteiger partial charge in [-0.25, -0.2) is 0 Å². The molecule has 1 unspecified atom stereocenters. The third-order valence-corrected chi connectivity index (χ3v) is 3.83. The highest BCUT2D eigenvalue weighted by Gasteiger charge is 2.09. The minimum Gasteiger partial charge on any atom is -0.310 e. The lowest BCUT2D eigenvalue weighted by atomic mass is 9.98. The summed E-state index contributed by atoms with van der Waals surface area (Å²) in [5.41, 5.74) is 2.73. The van der Waals surface area contributed by atoms with E-state index in [2.05, 4.69) is 57.3 Å². The normalized spacial score (nSPS) is 14.4. The molecule has 0 bridgehead atoms. The van der Waals surface area contributed by atoms with E-state index < -0.39 is 0 Å². The second kappa shape index (κ2) is 8.31. The second-order valence-electron chi connectivity index (χ2n) is 5.46. The molecule has 1 N–H and O–H groups in total. The average Bonchev–Trinajstić information content (AvgIpc) is 2.39.